The van der Waals surface area contributed by atoms with Crippen LogP contribution in [0.5, 0.6) is 0 Å². The van der Waals surface area contributed by atoms with Gasteiger partial charge in [0.05, 0.1) is 0 Å². The Morgan fingerprint density at radius 1 is 1.33 bits per heavy atom. The number of nitrogens with one attached hydrogen (secondary N) is 1. The fraction of sp³-hybridized carbons (Fsp3) is 0.750. The Labute approximate surface area is 109 Å². The molecule has 0 rings (SSSR count). The Hall–Kier alpha value is 0.167. The summed E-state index contributed by atoms with van der Waals surface area (Å²) in [5, 5.41) is 0. The van der Waals surface area contributed by atoms with Crippen LogP contribution in [0.3, 0.4) is 0 Å². The monoisotopic (exact) mass is 318 g/mol. The molecule has 0 spiro atoms. The van der Waals surface area contributed by atoms with Gasteiger partial charge in [0.15, 0.2) is 0 Å². The number of nitrogens with zero attached hydrogens (tertiary/aromatic N) is 1. The summed E-state index contributed by atoms with van der Waals surface area (Å²) in [5.74, 6) is 0.610. The van der Waals surface area contributed by atoms with Gasteiger partial charge in [0.25, 0.3) is 0 Å². The van der Waals surface area contributed by atoms with E-state index in [1.54, 1.807) is 17.7 Å². The van der Waals surface area contributed by atoms with Gasteiger partial charge in [-0.25, -0.2) is 0 Å². The van der Waals surface area contributed by atoms with Gasteiger partial charge in [-0.1, -0.05) is 0 Å². The fourth-order valence-electron chi connectivity index (χ4n) is 1.27. The first-order valence-electron chi connectivity index (χ1n) is 4.58. The molecule has 15 heavy (non-hydrogen) atoms. The average molecular weight is 320 g/mol. The van der Waals surface area contributed by atoms with Crippen LogP contribution in [0.2, 0.25) is 13.1 Å². The molecule has 0 bridgehead atoms. The van der Waals surface area contributed by atoms with E-state index in [1.165, 1.54) is 0 Å². The van der Waals surface area contributed by atoms with Gasteiger partial charge in [-0.05, 0) is 0 Å². The normalized spacial score (nSPS) is 10.1. The van der Waals surface area contributed by atoms with Gasteiger partial charge in [-0.3, -0.25) is 0 Å². The van der Waals surface area contributed by atoms with Gasteiger partial charge in [0.2, 0.25) is 0 Å². The summed E-state index contributed by atoms with van der Waals surface area (Å²) in [6.45, 7) is 9.22. The third-order valence-electron chi connectivity index (χ3n) is 1.62. The molecule has 0 amide bonds. The van der Waals surface area contributed by atoms with E-state index in [2.05, 4.69) is 8.35 Å². The van der Waals surface area contributed by atoms with Crippen molar-refractivity contribution in [1.29, 1.82) is 0 Å². The maximum absolute atomic E-state index is 11.7. The molecular weight excluding hydrogens is 303 g/mol. The van der Waals surface area contributed by atoms with Gasteiger partial charge in [-0.15, -0.1) is 0 Å². The molecule has 0 heterocycles. The van der Waals surface area contributed by atoms with E-state index in [1.807, 2.05) is 20.8 Å². The molecule has 0 aromatic heterocycles. The van der Waals surface area contributed by atoms with Crippen molar-refractivity contribution in [2.45, 2.75) is 39.4 Å². The van der Waals surface area contributed by atoms with E-state index in [9.17, 15) is 8.92 Å². The first-order valence-corrected chi connectivity index (χ1v) is 9.57. The van der Waals surface area contributed by atoms with Gasteiger partial charge in [-0.2, -0.15) is 0 Å². The number of hydrogen-bond donors (Lipinski definition) is 1. The molecule has 0 aromatic carbocycles. The summed E-state index contributed by atoms with van der Waals surface area (Å²) in [5.41, 5.74) is -0.256. The third kappa shape index (κ3) is 5.16. The zero-order valence-corrected chi connectivity index (χ0v) is 14.2. The van der Waals surface area contributed by atoms with Gasteiger partial charge < -0.3 is 0 Å². The molecule has 0 aliphatic rings. The van der Waals surface area contributed by atoms with Crippen LogP contribution >= 0.6 is 0 Å². The summed E-state index contributed by atoms with van der Waals surface area (Å²) in [4.78, 5) is 2.84. The molecule has 0 unspecified atom stereocenters. The molecule has 0 aromatic rings. The molecule has 82 valence electrons. The quantitative estimate of drug-likeness (QED) is 0.770. The fourth-order valence-corrected chi connectivity index (χ4v) is 4.28. The molecule has 0 fully saturated rings. The Morgan fingerprint density at radius 3 is 2.00 bits per heavy atom. The Bertz CT molecular complexity index is 332. The molecule has 0 atom stereocenters. The predicted molar refractivity (Wildman–Crippen MR) is 57.9 cm³/mol. The first kappa shape index (κ1) is 15.2. The molecule has 0 saturated heterocycles. The molecule has 0 aliphatic heterocycles. The summed E-state index contributed by atoms with van der Waals surface area (Å²) < 4.78 is 27.6. The topological polar surface area (TPSA) is 49.4 Å². The molecule has 4 nitrogen and oxygen atoms in total. The van der Waals surface area contributed by atoms with Crippen LogP contribution in [-0.2, 0) is 33.2 Å². The molecule has 0 saturated carbocycles. The Kier molecular flexibility index (Phi) is 6.11. The van der Waals surface area contributed by atoms with E-state index in [4.69, 9.17) is 0 Å². The molecule has 0 aliphatic carbocycles. The van der Waals surface area contributed by atoms with E-state index in [0.29, 0.717) is 5.82 Å². The van der Waals surface area contributed by atoms with Crippen molar-refractivity contribution in [3.05, 3.63) is 5.82 Å². The maximum atomic E-state index is 11.7. The average Bonchev–Trinajstić information content (AvgIpc) is 1.98. The van der Waals surface area contributed by atoms with Gasteiger partial charge in [0.1, 0.15) is 0 Å². The van der Waals surface area contributed by atoms with E-state index in [-0.39, 0.29) is 5.54 Å². The molecule has 7 heteroatoms. The van der Waals surface area contributed by atoms with E-state index in [0.717, 1.165) is 24.2 Å². The summed E-state index contributed by atoms with van der Waals surface area (Å²) in [6, 6.07) is 0. The zero-order valence-electron chi connectivity index (χ0n) is 9.76. The molecular formula is C8H16N2O2Si2Zr. The van der Waals surface area contributed by atoms with Crippen LogP contribution in [-0.4, -0.2) is 31.2 Å². The van der Waals surface area contributed by atoms with Crippen LogP contribution in [0.4, 0.5) is 0 Å². The van der Waals surface area contributed by atoms with E-state index >= 15 is 0 Å². The summed E-state index contributed by atoms with van der Waals surface area (Å²) >= 11 is 1.07. The van der Waals surface area contributed by atoms with Crippen LogP contribution < -0.4 is 4.98 Å². The second-order valence-electron chi connectivity index (χ2n) is 4.18. The summed E-state index contributed by atoms with van der Waals surface area (Å²) in [7, 11) is -3.71. The van der Waals surface area contributed by atoms with Crippen molar-refractivity contribution in [3.8, 4) is 0 Å². The van der Waals surface area contributed by atoms with Crippen molar-refractivity contribution < 1.29 is 33.2 Å². The van der Waals surface area contributed by atoms with Crippen molar-refractivity contribution >= 4 is 21.1 Å². The van der Waals surface area contributed by atoms with Gasteiger partial charge >= 0.3 is 109 Å². The number of hydrogen-bond acceptors (Lipinski definition) is 2. The Morgan fingerprint density at radius 2 is 1.80 bits per heavy atom. The standard InChI is InChI=1S/C8H16N2O2Si2.Zr/c1-7(9-13(5)11)10(14(6)12)8(2,3)4;/h9H,2-6H3;. The Balaban J connectivity index is 5.16. The van der Waals surface area contributed by atoms with Gasteiger partial charge in [0, 0.05) is 0 Å². The third-order valence-corrected chi connectivity index (χ3v) is 4.32. The van der Waals surface area contributed by atoms with Crippen molar-refractivity contribution in [2.75, 3.05) is 0 Å². The van der Waals surface area contributed by atoms with Crippen LogP contribution in [0.15, 0.2) is 5.82 Å². The molecule has 1 N–H and O–H groups in total. The van der Waals surface area contributed by atoms with Crippen LogP contribution in [0, 0.1) is 0 Å². The van der Waals surface area contributed by atoms with Crippen molar-refractivity contribution in [2.24, 2.45) is 0 Å². The van der Waals surface area contributed by atoms with Crippen LogP contribution in [0.25, 0.3) is 0 Å². The zero-order chi connectivity index (χ0) is 12.2. The molecule has 0 radical (unpaired) electrons. The second-order valence-corrected chi connectivity index (χ2v) is 7.64. The predicted octanol–water partition coefficient (Wildman–Crippen LogP) is 0.563. The van der Waals surface area contributed by atoms with Crippen molar-refractivity contribution in [1.82, 2.24) is 9.55 Å². The summed E-state index contributed by atoms with van der Waals surface area (Å²) in [6.07, 6.45) is 0. The van der Waals surface area contributed by atoms with E-state index < -0.39 is 17.7 Å². The SMILES string of the molecule is C[Si](=O)NC(=[C]=[Zr])N([Si](C)=O)C(C)(C)C. The van der Waals surface area contributed by atoms with Crippen molar-refractivity contribution in [3.63, 3.8) is 0 Å². The minimum absolute atomic E-state index is 0.256. The minimum atomic E-state index is -1.87. The second kappa shape index (κ2) is 6.04. The first-order chi connectivity index (χ1) is 6.70. The van der Waals surface area contributed by atoms with Crippen LogP contribution in [0.1, 0.15) is 20.8 Å². The number of rotatable bonds is 4.